The Kier molecular flexibility index (Phi) is 3.50. The third kappa shape index (κ3) is 2.40. The molecule has 1 aliphatic heterocycles. The van der Waals surface area contributed by atoms with Crippen molar-refractivity contribution in [2.45, 2.75) is 13.8 Å². The van der Waals surface area contributed by atoms with Gasteiger partial charge < -0.3 is 14.9 Å². The van der Waals surface area contributed by atoms with Crippen LogP contribution in [0.15, 0.2) is 18.5 Å². The molecule has 0 unspecified atom stereocenters. The standard InChI is InChI=1S/C15H20N4O3/c1-15(2)10(11(15)13(21)22)12(20)18-6-8-19(9-7-18)14-16-4-3-5-17-14/h3-5,10-11H,6-9H2,1-2H3,(H,21,22)/t10-,11-/m1/s1. The zero-order chi connectivity index (χ0) is 15.9. The average Bonchev–Trinajstić information content (AvgIpc) is 3.10. The Morgan fingerprint density at radius 1 is 1.14 bits per heavy atom. The molecule has 1 saturated heterocycles. The highest BCUT2D eigenvalue weighted by molar-refractivity contribution is 5.91. The van der Waals surface area contributed by atoms with Gasteiger partial charge in [-0.25, -0.2) is 9.97 Å². The number of piperazine rings is 1. The van der Waals surface area contributed by atoms with Crippen molar-refractivity contribution < 1.29 is 14.7 Å². The van der Waals surface area contributed by atoms with Crippen LogP contribution in [0, 0.1) is 17.3 Å². The first-order chi connectivity index (χ1) is 10.4. The molecule has 2 aliphatic rings. The maximum Gasteiger partial charge on any atom is 0.307 e. The maximum atomic E-state index is 12.5. The van der Waals surface area contributed by atoms with Crippen LogP contribution in [0.3, 0.4) is 0 Å². The smallest absolute Gasteiger partial charge is 0.307 e. The lowest BCUT2D eigenvalue weighted by Gasteiger charge is -2.35. The van der Waals surface area contributed by atoms with E-state index in [1.165, 1.54) is 0 Å². The average molecular weight is 304 g/mol. The summed E-state index contributed by atoms with van der Waals surface area (Å²) in [5.41, 5.74) is -0.442. The van der Waals surface area contributed by atoms with Gasteiger partial charge in [0.05, 0.1) is 11.8 Å². The van der Waals surface area contributed by atoms with Gasteiger partial charge in [0.2, 0.25) is 11.9 Å². The lowest BCUT2D eigenvalue weighted by Crippen LogP contribution is -2.50. The molecule has 0 radical (unpaired) electrons. The number of amides is 1. The summed E-state index contributed by atoms with van der Waals surface area (Å²) >= 11 is 0. The minimum absolute atomic E-state index is 0.0361. The molecule has 3 rings (SSSR count). The number of rotatable bonds is 3. The summed E-state index contributed by atoms with van der Waals surface area (Å²) in [6, 6.07) is 1.77. The second-order valence-electron chi connectivity index (χ2n) is 6.48. The van der Waals surface area contributed by atoms with E-state index in [-0.39, 0.29) is 5.91 Å². The molecule has 1 saturated carbocycles. The third-order valence-corrected chi connectivity index (χ3v) is 4.79. The molecular formula is C15H20N4O3. The number of carbonyl (C=O) groups is 2. The molecule has 2 atom stereocenters. The van der Waals surface area contributed by atoms with Crippen molar-refractivity contribution in [3.8, 4) is 0 Å². The normalized spacial score (nSPS) is 26.6. The first kappa shape index (κ1) is 14.7. The minimum Gasteiger partial charge on any atom is -0.481 e. The fourth-order valence-corrected chi connectivity index (χ4v) is 3.34. The summed E-state index contributed by atoms with van der Waals surface area (Å²) in [6.45, 7) is 6.19. The van der Waals surface area contributed by atoms with Crippen LogP contribution in [0.2, 0.25) is 0 Å². The molecule has 1 aromatic heterocycles. The van der Waals surface area contributed by atoms with Crippen LogP contribution in [0.1, 0.15) is 13.8 Å². The number of hydrogen-bond acceptors (Lipinski definition) is 5. The van der Waals surface area contributed by atoms with Crippen LogP contribution in [-0.4, -0.2) is 58.0 Å². The first-order valence-corrected chi connectivity index (χ1v) is 7.46. The van der Waals surface area contributed by atoms with E-state index >= 15 is 0 Å². The van der Waals surface area contributed by atoms with Gasteiger partial charge in [0.25, 0.3) is 0 Å². The molecule has 22 heavy (non-hydrogen) atoms. The molecule has 0 spiro atoms. The van der Waals surface area contributed by atoms with Crippen LogP contribution in [0.5, 0.6) is 0 Å². The van der Waals surface area contributed by atoms with E-state index in [4.69, 9.17) is 0 Å². The first-order valence-electron chi connectivity index (χ1n) is 7.46. The molecule has 118 valence electrons. The van der Waals surface area contributed by atoms with Crippen LogP contribution in [0.4, 0.5) is 5.95 Å². The molecule has 1 aromatic rings. The highest BCUT2D eigenvalue weighted by atomic mass is 16.4. The van der Waals surface area contributed by atoms with Gasteiger partial charge in [0.15, 0.2) is 0 Å². The Morgan fingerprint density at radius 3 is 2.23 bits per heavy atom. The fraction of sp³-hybridized carbons (Fsp3) is 0.600. The summed E-state index contributed by atoms with van der Waals surface area (Å²) in [5, 5.41) is 9.20. The van der Waals surface area contributed by atoms with Gasteiger partial charge in [0, 0.05) is 38.6 Å². The topological polar surface area (TPSA) is 86.6 Å². The Hall–Kier alpha value is -2.18. The van der Waals surface area contributed by atoms with Gasteiger partial charge >= 0.3 is 5.97 Å². The summed E-state index contributed by atoms with van der Waals surface area (Å²) < 4.78 is 0. The van der Waals surface area contributed by atoms with Crippen molar-refractivity contribution in [2.75, 3.05) is 31.1 Å². The van der Waals surface area contributed by atoms with E-state index in [1.807, 2.05) is 18.7 Å². The van der Waals surface area contributed by atoms with Gasteiger partial charge in [-0.15, -0.1) is 0 Å². The van der Waals surface area contributed by atoms with E-state index < -0.39 is 23.2 Å². The maximum absolute atomic E-state index is 12.5. The zero-order valence-corrected chi connectivity index (χ0v) is 12.8. The van der Waals surface area contributed by atoms with Crippen molar-refractivity contribution in [3.63, 3.8) is 0 Å². The van der Waals surface area contributed by atoms with Crippen LogP contribution in [-0.2, 0) is 9.59 Å². The number of hydrogen-bond donors (Lipinski definition) is 1. The van der Waals surface area contributed by atoms with E-state index in [0.717, 1.165) is 0 Å². The molecular weight excluding hydrogens is 284 g/mol. The second kappa shape index (κ2) is 5.23. The van der Waals surface area contributed by atoms with Crippen LogP contribution < -0.4 is 4.90 Å². The number of anilines is 1. The SMILES string of the molecule is CC1(C)[C@@H](C(=O)O)[C@@H]1C(=O)N1CCN(c2ncccn2)CC1. The highest BCUT2D eigenvalue weighted by Gasteiger charge is 2.66. The zero-order valence-electron chi connectivity index (χ0n) is 12.8. The number of carboxylic acid groups (broad SMARTS) is 1. The van der Waals surface area contributed by atoms with Gasteiger partial charge in [-0.2, -0.15) is 0 Å². The Balaban J connectivity index is 1.60. The molecule has 1 aliphatic carbocycles. The fourth-order valence-electron chi connectivity index (χ4n) is 3.34. The molecule has 7 heteroatoms. The molecule has 1 amide bonds. The number of carbonyl (C=O) groups excluding carboxylic acids is 1. The lowest BCUT2D eigenvalue weighted by atomic mass is 10.1. The quantitative estimate of drug-likeness (QED) is 0.874. The van der Waals surface area contributed by atoms with E-state index in [1.54, 1.807) is 23.4 Å². The minimum atomic E-state index is -0.875. The van der Waals surface area contributed by atoms with Crippen molar-refractivity contribution in [2.24, 2.45) is 17.3 Å². The van der Waals surface area contributed by atoms with Crippen molar-refractivity contribution >= 4 is 17.8 Å². The number of aliphatic carboxylic acids is 1. The van der Waals surface area contributed by atoms with E-state index in [9.17, 15) is 14.7 Å². The van der Waals surface area contributed by atoms with E-state index in [0.29, 0.717) is 32.1 Å². The van der Waals surface area contributed by atoms with E-state index in [2.05, 4.69) is 9.97 Å². The Morgan fingerprint density at radius 2 is 1.73 bits per heavy atom. The molecule has 2 fully saturated rings. The van der Waals surface area contributed by atoms with Crippen molar-refractivity contribution in [1.82, 2.24) is 14.9 Å². The molecule has 1 N–H and O–H groups in total. The summed E-state index contributed by atoms with van der Waals surface area (Å²) in [6.07, 6.45) is 3.40. The molecule has 0 aromatic carbocycles. The van der Waals surface area contributed by atoms with Crippen LogP contribution >= 0.6 is 0 Å². The van der Waals surface area contributed by atoms with Gasteiger partial charge in [0.1, 0.15) is 0 Å². The second-order valence-corrected chi connectivity index (χ2v) is 6.48. The number of carboxylic acids is 1. The monoisotopic (exact) mass is 304 g/mol. The van der Waals surface area contributed by atoms with Crippen LogP contribution in [0.25, 0.3) is 0 Å². The lowest BCUT2D eigenvalue weighted by molar-refractivity contribution is -0.142. The third-order valence-electron chi connectivity index (χ3n) is 4.79. The van der Waals surface area contributed by atoms with Gasteiger partial charge in [-0.05, 0) is 11.5 Å². The van der Waals surface area contributed by atoms with Crippen molar-refractivity contribution in [3.05, 3.63) is 18.5 Å². The molecule has 7 nitrogen and oxygen atoms in total. The van der Waals surface area contributed by atoms with Gasteiger partial charge in [-0.1, -0.05) is 13.8 Å². The van der Waals surface area contributed by atoms with Gasteiger partial charge in [-0.3, -0.25) is 9.59 Å². The predicted molar refractivity (Wildman–Crippen MR) is 79.2 cm³/mol. The molecule has 2 heterocycles. The molecule has 0 bridgehead atoms. The largest absolute Gasteiger partial charge is 0.481 e. The summed E-state index contributed by atoms with van der Waals surface area (Å²) in [5.74, 6) is -1.20. The number of nitrogens with zero attached hydrogens (tertiary/aromatic N) is 4. The van der Waals surface area contributed by atoms with Crippen molar-refractivity contribution in [1.29, 1.82) is 0 Å². The Bertz CT molecular complexity index is 582. The number of aromatic nitrogens is 2. The summed E-state index contributed by atoms with van der Waals surface area (Å²) in [4.78, 5) is 36.0. The Labute approximate surface area is 129 Å². The summed E-state index contributed by atoms with van der Waals surface area (Å²) in [7, 11) is 0. The highest BCUT2D eigenvalue weighted by Crippen LogP contribution is 2.59. The predicted octanol–water partition coefficient (Wildman–Crippen LogP) is 0.482.